The van der Waals surface area contributed by atoms with Gasteiger partial charge < -0.3 is 10.6 Å². The SMILES string of the molecule is Cc1ccc(Cl)cc1NC(=O)C(C)Sc1cccc(NC(=O)Cc2ccc(Cl)cc2)c1. The van der Waals surface area contributed by atoms with Crippen molar-refractivity contribution in [2.45, 2.75) is 30.4 Å². The van der Waals surface area contributed by atoms with E-state index in [2.05, 4.69) is 10.6 Å². The molecule has 0 aliphatic carbocycles. The zero-order valence-corrected chi connectivity index (χ0v) is 19.4. The molecule has 0 saturated carbocycles. The molecule has 3 aromatic carbocycles. The van der Waals surface area contributed by atoms with Gasteiger partial charge in [0.15, 0.2) is 0 Å². The van der Waals surface area contributed by atoms with Crippen LogP contribution in [0.5, 0.6) is 0 Å². The molecule has 2 N–H and O–H groups in total. The molecule has 0 saturated heterocycles. The number of nitrogens with one attached hydrogen (secondary N) is 2. The smallest absolute Gasteiger partial charge is 0.237 e. The van der Waals surface area contributed by atoms with Crippen molar-refractivity contribution < 1.29 is 9.59 Å². The summed E-state index contributed by atoms with van der Waals surface area (Å²) < 4.78 is 0. The number of aryl methyl sites for hydroxylation is 1. The van der Waals surface area contributed by atoms with E-state index < -0.39 is 0 Å². The molecule has 7 heteroatoms. The lowest BCUT2D eigenvalue weighted by molar-refractivity contribution is -0.116. The van der Waals surface area contributed by atoms with E-state index in [-0.39, 0.29) is 23.5 Å². The summed E-state index contributed by atoms with van der Waals surface area (Å²) >= 11 is 13.3. The van der Waals surface area contributed by atoms with Crippen LogP contribution in [0.1, 0.15) is 18.1 Å². The lowest BCUT2D eigenvalue weighted by Crippen LogP contribution is -2.22. The fraction of sp³-hybridized carbons (Fsp3) is 0.167. The minimum atomic E-state index is -0.335. The third-order valence-corrected chi connectivity index (χ3v) is 6.12. The summed E-state index contributed by atoms with van der Waals surface area (Å²) in [5.41, 5.74) is 3.21. The molecule has 0 aliphatic heterocycles. The van der Waals surface area contributed by atoms with E-state index in [0.29, 0.717) is 21.4 Å². The van der Waals surface area contributed by atoms with Gasteiger partial charge in [0.2, 0.25) is 11.8 Å². The number of halogens is 2. The van der Waals surface area contributed by atoms with Crippen LogP contribution >= 0.6 is 35.0 Å². The number of anilines is 2. The normalized spacial score (nSPS) is 11.6. The quantitative estimate of drug-likeness (QED) is 0.380. The number of hydrogen-bond donors (Lipinski definition) is 2. The Kier molecular flexibility index (Phi) is 8.02. The predicted octanol–water partition coefficient (Wildman–Crippen LogP) is 6.60. The van der Waals surface area contributed by atoms with Gasteiger partial charge in [-0.15, -0.1) is 11.8 Å². The third kappa shape index (κ3) is 7.03. The first-order valence-corrected chi connectivity index (χ1v) is 11.3. The molecule has 1 atom stereocenters. The monoisotopic (exact) mass is 472 g/mol. The summed E-state index contributed by atoms with van der Waals surface area (Å²) in [6.07, 6.45) is 0.256. The van der Waals surface area contributed by atoms with Gasteiger partial charge in [-0.25, -0.2) is 0 Å². The first kappa shape index (κ1) is 23.2. The van der Waals surface area contributed by atoms with E-state index in [9.17, 15) is 9.59 Å². The second-order valence-corrected chi connectivity index (χ2v) is 9.37. The molecule has 4 nitrogen and oxygen atoms in total. The summed E-state index contributed by atoms with van der Waals surface area (Å²) in [7, 11) is 0. The Bertz CT molecular complexity index is 1090. The maximum absolute atomic E-state index is 12.6. The highest BCUT2D eigenvalue weighted by Gasteiger charge is 2.16. The summed E-state index contributed by atoms with van der Waals surface area (Å²) in [6, 6.07) is 20.0. The summed E-state index contributed by atoms with van der Waals surface area (Å²) in [4.78, 5) is 25.8. The molecule has 0 bridgehead atoms. The second-order valence-electron chi connectivity index (χ2n) is 7.09. The standard InChI is InChI=1S/C24H22Cl2N2O2S/c1-15-6-9-19(26)13-22(15)28-24(30)16(2)31-21-5-3-4-20(14-21)27-23(29)12-17-7-10-18(25)11-8-17/h3-11,13-14,16H,12H2,1-2H3,(H,27,29)(H,28,30). The average molecular weight is 473 g/mol. The van der Waals surface area contributed by atoms with Crippen LogP contribution in [-0.4, -0.2) is 17.1 Å². The van der Waals surface area contributed by atoms with Crippen LogP contribution in [0.15, 0.2) is 71.6 Å². The Balaban J connectivity index is 1.59. The van der Waals surface area contributed by atoms with Crippen molar-refractivity contribution in [3.8, 4) is 0 Å². The van der Waals surface area contributed by atoms with Crippen LogP contribution in [-0.2, 0) is 16.0 Å². The molecule has 160 valence electrons. The summed E-state index contributed by atoms with van der Waals surface area (Å²) in [5.74, 6) is -0.237. The fourth-order valence-electron chi connectivity index (χ4n) is 2.86. The van der Waals surface area contributed by atoms with Gasteiger partial charge in [0.1, 0.15) is 0 Å². The Morgan fingerprint density at radius 2 is 1.65 bits per heavy atom. The molecule has 3 rings (SSSR count). The predicted molar refractivity (Wildman–Crippen MR) is 130 cm³/mol. The zero-order valence-electron chi connectivity index (χ0n) is 17.1. The van der Waals surface area contributed by atoms with Gasteiger partial charge in [0.05, 0.1) is 11.7 Å². The number of rotatable bonds is 7. The number of amides is 2. The largest absolute Gasteiger partial charge is 0.326 e. The Labute approximate surface area is 196 Å². The first-order chi connectivity index (χ1) is 14.8. The number of hydrogen-bond acceptors (Lipinski definition) is 3. The Morgan fingerprint density at radius 3 is 2.39 bits per heavy atom. The number of carbonyl (C=O) groups excluding carboxylic acids is 2. The van der Waals surface area contributed by atoms with Crippen molar-refractivity contribution in [3.05, 3.63) is 87.9 Å². The Morgan fingerprint density at radius 1 is 0.935 bits per heavy atom. The molecule has 3 aromatic rings. The molecule has 31 heavy (non-hydrogen) atoms. The average Bonchev–Trinajstić information content (AvgIpc) is 2.72. The maximum atomic E-state index is 12.6. The van der Waals surface area contributed by atoms with Crippen molar-refractivity contribution in [1.29, 1.82) is 0 Å². The molecule has 2 amide bonds. The van der Waals surface area contributed by atoms with Gasteiger partial charge >= 0.3 is 0 Å². The van der Waals surface area contributed by atoms with E-state index in [0.717, 1.165) is 16.0 Å². The second kappa shape index (κ2) is 10.7. The summed E-state index contributed by atoms with van der Waals surface area (Å²) in [5, 5.41) is 6.70. The first-order valence-electron chi connectivity index (χ1n) is 9.68. The van der Waals surface area contributed by atoms with E-state index in [4.69, 9.17) is 23.2 Å². The van der Waals surface area contributed by atoms with E-state index in [1.165, 1.54) is 11.8 Å². The molecule has 0 aromatic heterocycles. The molecule has 0 aliphatic rings. The van der Waals surface area contributed by atoms with Crippen LogP contribution < -0.4 is 10.6 Å². The van der Waals surface area contributed by atoms with Crippen molar-refractivity contribution in [1.82, 2.24) is 0 Å². The van der Waals surface area contributed by atoms with E-state index in [1.54, 1.807) is 24.3 Å². The van der Waals surface area contributed by atoms with Gasteiger partial charge in [-0.1, -0.05) is 47.5 Å². The van der Waals surface area contributed by atoms with Gasteiger partial charge in [0.25, 0.3) is 0 Å². The van der Waals surface area contributed by atoms with Crippen molar-refractivity contribution in [3.63, 3.8) is 0 Å². The lowest BCUT2D eigenvalue weighted by Gasteiger charge is -2.14. The van der Waals surface area contributed by atoms with Crippen molar-refractivity contribution >= 4 is 58.2 Å². The topological polar surface area (TPSA) is 58.2 Å². The van der Waals surface area contributed by atoms with E-state index >= 15 is 0 Å². The van der Waals surface area contributed by atoms with Gasteiger partial charge in [-0.2, -0.15) is 0 Å². The zero-order chi connectivity index (χ0) is 22.4. The van der Waals surface area contributed by atoms with Crippen molar-refractivity contribution in [2.24, 2.45) is 0 Å². The molecule has 0 heterocycles. The van der Waals surface area contributed by atoms with Gasteiger partial charge in [0, 0.05) is 26.3 Å². The molecular formula is C24H22Cl2N2O2S. The number of thioether (sulfide) groups is 1. The van der Waals surface area contributed by atoms with E-state index in [1.807, 2.05) is 56.3 Å². The molecule has 0 fully saturated rings. The highest BCUT2D eigenvalue weighted by molar-refractivity contribution is 8.00. The highest BCUT2D eigenvalue weighted by atomic mass is 35.5. The van der Waals surface area contributed by atoms with Crippen LogP contribution in [0, 0.1) is 6.92 Å². The molecule has 1 unspecified atom stereocenters. The van der Waals surface area contributed by atoms with Crippen LogP contribution in [0.3, 0.4) is 0 Å². The fourth-order valence-corrected chi connectivity index (χ4v) is 4.09. The molecule has 0 radical (unpaired) electrons. The lowest BCUT2D eigenvalue weighted by atomic mass is 10.1. The minimum Gasteiger partial charge on any atom is -0.326 e. The number of carbonyl (C=O) groups is 2. The third-order valence-electron chi connectivity index (χ3n) is 4.54. The minimum absolute atomic E-state index is 0.118. The summed E-state index contributed by atoms with van der Waals surface area (Å²) in [6.45, 7) is 3.76. The molecule has 0 spiro atoms. The van der Waals surface area contributed by atoms with Crippen LogP contribution in [0.2, 0.25) is 10.0 Å². The Hall–Kier alpha value is -2.47. The molecular weight excluding hydrogens is 451 g/mol. The number of benzene rings is 3. The van der Waals surface area contributed by atoms with Gasteiger partial charge in [-0.3, -0.25) is 9.59 Å². The van der Waals surface area contributed by atoms with Crippen LogP contribution in [0.25, 0.3) is 0 Å². The highest BCUT2D eigenvalue weighted by Crippen LogP contribution is 2.28. The maximum Gasteiger partial charge on any atom is 0.237 e. The van der Waals surface area contributed by atoms with Crippen molar-refractivity contribution in [2.75, 3.05) is 10.6 Å². The van der Waals surface area contributed by atoms with Crippen LogP contribution in [0.4, 0.5) is 11.4 Å². The van der Waals surface area contributed by atoms with Gasteiger partial charge in [-0.05, 0) is 67.4 Å².